The van der Waals surface area contributed by atoms with Crippen LogP contribution in [0.25, 0.3) is 0 Å². The van der Waals surface area contributed by atoms with Crippen LogP contribution in [0.15, 0.2) is 15.8 Å². The van der Waals surface area contributed by atoms with Crippen molar-refractivity contribution in [2.45, 2.75) is 6.54 Å². The minimum absolute atomic E-state index is 0.322. The van der Waals surface area contributed by atoms with Crippen LogP contribution < -0.4 is 16.6 Å². The van der Waals surface area contributed by atoms with Gasteiger partial charge in [0.2, 0.25) is 5.82 Å². The summed E-state index contributed by atoms with van der Waals surface area (Å²) in [4.78, 5) is 23.5. The molecule has 0 aliphatic carbocycles. The van der Waals surface area contributed by atoms with Gasteiger partial charge in [0.15, 0.2) is 0 Å². The predicted octanol–water partition coefficient (Wildman–Crippen LogP) is -1.10. The van der Waals surface area contributed by atoms with Crippen LogP contribution in [0, 0.1) is 5.82 Å². The summed E-state index contributed by atoms with van der Waals surface area (Å²) in [5.41, 5.74) is -1.58. The lowest BCUT2D eigenvalue weighted by Crippen LogP contribution is -2.33. The average Bonchev–Trinajstić information content (AvgIpc) is 2.09. The van der Waals surface area contributed by atoms with Gasteiger partial charge in [-0.15, -0.1) is 0 Å². The van der Waals surface area contributed by atoms with E-state index in [0.29, 0.717) is 13.1 Å². The molecular weight excluding hydrogens is 177 g/mol. The molecule has 0 amide bonds. The first-order valence-corrected chi connectivity index (χ1v) is 3.79. The van der Waals surface area contributed by atoms with E-state index in [1.165, 1.54) is 0 Å². The second-order valence-corrected chi connectivity index (χ2v) is 2.53. The van der Waals surface area contributed by atoms with Crippen LogP contribution in [0.3, 0.4) is 0 Å². The van der Waals surface area contributed by atoms with Crippen molar-refractivity contribution in [1.29, 1.82) is 0 Å². The average molecular weight is 187 g/mol. The Morgan fingerprint density at radius 3 is 2.92 bits per heavy atom. The van der Waals surface area contributed by atoms with Crippen LogP contribution in [0.2, 0.25) is 0 Å². The third kappa shape index (κ3) is 2.25. The number of rotatable bonds is 3. The fourth-order valence-electron chi connectivity index (χ4n) is 0.881. The van der Waals surface area contributed by atoms with E-state index in [-0.39, 0.29) is 0 Å². The van der Waals surface area contributed by atoms with Gasteiger partial charge < -0.3 is 5.32 Å². The second kappa shape index (κ2) is 3.99. The second-order valence-electron chi connectivity index (χ2n) is 2.53. The Morgan fingerprint density at radius 1 is 1.62 bits per heavy atom. The number of aromatic nitrogens is 2. The van der Waals surface area contributed by atoms with Crippen LogP contribution in [-0.4, -0.2) is 23.1 Å². The first-order valence-electron chi connectivity index (χ1n) is 3.79. The lowest BCUT2D eigenvalue weighted by molar-refractivity contribution is 0.541. The first kappa shape index (κ1) is 9.66. The maximum atomic E-state index is 12.7. The number of hydrogen-bond donors (Lipinski definition) is 2. The highest BCUT2D eigenvalue weighted by molar-refractivity contribution is 4.86. The zero-order valence-electron chi connectivity index (χ0n) is 7.13. The van der Waals surface area contributed by atoms with E-state index in [2.05, 4.69) is 5.32 Å². The zero-order valence-corrected chi connectivity index (χ0v) is 7.13. The van der Waals surface area contributed by atoms with Crippen molar-refractivity contribution in [3.8, 4) is 0 Å². The quantitative estimate of drug-likeness (QED) is 0.631. The molecular formula is C7H10FN3O2. The van der Waals surface area contributed by atoms with Crippen molar-refractivity contribution >= 4 is 0 Å². The summed E-state index contributed by atoms with van der Waals surface area (Å²) in [6.45, 7) is 0.856. The van der Waals surface area contributed by atoms with Crippen LogP contribution in [0.4, 0.5) is 4.39 Å². The Bertz CT molecular complexity index is 395. The van der Waals surface area contributed by atoms with Crippen molar-refractivity contribution in [3.63, 3.8) is 0 Å². The Labute approximate surface area is 73.2 Å². The van der Waals surface area contributed by atoms with E-state index in [1.807, 2.05) is 4.98 Å². The highest BCUT2D eigenvalue weighted by atomic mass is 19.1. The molecule has 0 spiro atoms. The molecule has 1 aromatic rings. The van der Waals surface area contributed by atoms with Gasteiger partial charge in [0.05, 0.1) is 6.20 Å². The molecule has 0 aliphatic heterocycles. The summed E-state index contributed by atoms with van der Waals surface area (Å²) >= 11 is 0. The van der Waals surface area contributed by atoms with Crippen LogP contribution >= 0.6 is 0 Å². The molecule has 13 heavy (non-hydrogen) atoms. The molecule has 1 heterocycles. The molecule has 0 aliphatic rings. The summed E-state index contributed by atoms with van der Waals surface area (Å²) in [7, 11) is 1.72. The molecule has 2 N–H and O–H groups in total. The highest BCUT2D eigenvalue weighted by Gasteiger charge is 2.01. The third-order valence-corrected chi connectivity index (χ3v) is 1.57. The monoisotopic (exact) mass is 187 g/mol. The van der Waals surface area contributed by atoms with Gasteiger partial charge in [-0.3, -0.25) is 14.3 Å². The Balaban J connectivity index is 3.02. The Morgan fingerprint density at radius 2 is 2.31 bits per heavy atom. The molecule has 6 heteroatoms. The molecule has 0 unspecified atom stereocenters. The highest BCUT2D eigenvalue weighted by Crippen LogP contribution is 1.82. The number of halogens is 1. The van der Waals surface area contributed by atoms with Gasteiger partial charge in [0.1, 0.15) is 0 Å². The maximum Gasteiger partial charge on any atom is 0.328 e. The van der Waals surface area contributed by atoms with E-state index in [4.69, 9.17) is 0 Å². The van der Waals surface area contributed by atoms with Crippen molar-refractivity contribution in [3.05, 3.63) is 32.9 Å². The largest absolute Gasteiger partial charge is 0.328 e. The van der Waals surface area contributed by atoms with Gasteiger partial charge in [0, 0.05) is 13.1 Å². The predicted molar refractivity (Wildman–Crippen MR) is 45.2 cm³/mol. The van der Waals surface area contributed by atoms with Gasteiger partial charge in [-0.05, 0) is 7.05 Å². The van der Waals surface area contributed by atoms with Crippen LogP contribution in [-0.2, 0) is 6.54 Å². The Hall–Kier alpha value is -1.43. The molecule has 0 atom stereocenters. The van der Waals surface area contributed by atoms with Crippen molar-refractivity contribution in [1.82, 2.24) is 14.9 Å². The van der Waals surface area contributed by atoms with E-state index < -0.39 is 17.1 Å². The lowest BCUT2D eigenvalue weighted by atomic mass is 10.5. The SMILES string of the molecule is CNCCn1cc(F)c(=O)[nH]c1=O. The van der Waals surface area contributed by atoms with Gasteiger partial charge in [-0.2, -0.15) is 4.39 Å². The van der Waals surface area contributed by atoms with Gasteiger partial charge in [-0.25, -0.2) is 4.79 Å². The minimum atomic E-state index is -0.981. The number of likely N-dealkylation sites (N-methyl/N-ethyl adjacent to an activating group) is 1. The Kier molecular flexibility index (Phi) is 2.97. The van der Waals surface area contributed by atoms with E-state index in [9.17, 15) is 14.0 Å². The summed E-state index contributed by atoms with van der Waals surface area (Å²) in [5, 5.41) is 2.80. The zero-order chi connectivity index (χ0) is 9.84. The fraction of sp³-hybridized carbons (Fsp3) is 0.429. The fourth-order valence-corrected chi connectivity index (χ4v) is 0.881. The third-order valence-electron chi connectivity index (χ3n) is 1.57. The summed E-state index contributed by atoms with van der Waals surface area (Å²) < 4.78 is 13.8. The standard InChI is InChI=1S/C7H10FN3O2/c1-9-2-3-11-4-5(8)6(12)10-7(11)13/h4,9H,2-3H2,1H3,(H,10,12,13). The van der Waals surface area contributed by atoms with Gasteiger partial charge in [0.25, 0.3) is 5.56 Å². The summed E-state index contributed by atoms with van der Waals surface area (Å²) in [6, 6.07) is 0. The lowest BCUT2D eigenvalue weighted by Gasteiger charge is -2.02. The summed E-state index contributed by atoms with van der Waals surface area (Å²) in [5.74, 6) is -0.948. The molecule has 5 nitrogen and oxygen atoms in total. The number of nitrogens with zero attached hydrogens (tertiary/aromatic N) is 1. The summed E-state index contributed by atoms with van der Waals surface area (Å²) in [6.07, 6.45) is 0.901. The number of H-pyrrole nitrogens is 1. The molecule has 0 radical (unpaired) electrons. The smallest absolute Gasteiger partial charge is 0.318 e. The van der Waals surface area contributed by atoms with Gasteiger partial charge in [-0.1, -0.05) is 0 Å². The number of hydrogen-bond acceptors (Lipinski definition) is 3. The molecule has 0 saturated carbocycles. The molecule has 0 saturated heterocycles. The topological polar surface area (TPSA) is 66.9 Å². The maximum absolute atomic E-state index is 12.7. The van der Waals surface area contributed by atoms with Crippen LogP contribution in [0.5, 0.6) is 0 Å². The van der Waals surface area contributed by atoms with Crippen LogP contribution in [0.1, 0.15) is 0 Å². The molecule has 0 bridgehead atoms. The van der Waals surface area contributed by atoms with Crippen molar-refractivity contribution in [2.24, 2.45) is 0 Å². The number of nitrogens with one attached hydrogen (secondary N) is 2. The molecule has 0 fully saturated rings. The normalized spacial score (nSPS) is 10.3. The first-order chi connectivity index (χ1) is 6.15. The number of aromatic amines is 1. The van der Waals surface area contributed by atoms with E-state index >= 15 is 0 Å². The van der Waals surface area contributed by atoms with Crippen molar-refractivity contribution in [2.75, 3.05) is 13.6 Å². The molecule has 1 aromatic heterocycles. The molecule has 1 rings (SSSR count). The van der Waals surface area contributed by atoms with E-state index in [1.54, 1.807) is 7.05 Å². The van der Waals surface area contributed by atoms with Crippen molar-refractivity contribution < 1.29 is 4.39 Å². The molecule has 72 valence electrons. The minimum Gasteiger partial charge on any atom is -0.318 e. The van der Waals surface area contributed by atoms with Gasteiger partial charge >= 0.3 is 5.69 Å². The molecule has 0 aromatic carbocycles. The van der Waals surface area contributed by atoms with E-state index in [0.717, 1.165) is 10.8 Å².